The topological polar surface area (TPSA) is 78.8 Å². The third-order valence-electron chi connectivity index (χ3n) is 1.39. The summed E-state index contributed by atoms with van der Waals surface area (Å²) in [6.45, 7) is 0. The molecule has 4 nitrogen and oxygen atoms in total. The minimum atomic E-state index is -0.378. The number of nitrogen functional groups attached to an aromatic ring is 1. The maximum atomic E-state index is 13.0. The Bertz CT molecular complexity index is 335. The Morgan fingerprint density at radius 3 is 3.00 bits per heavy atom. The van der Waals surface area contributed by atoms with Crippen LogP contribution in [0.15, 0.2) is 23.3 Å². The van der Waals surface area contributed by atoms with Crippen molar-refractivity contribution in [1.29, 1.82) is 5.41 Å². The van der Waals surface area contributed by atoms with E-state index in [1.165, 1.54) is 29.8 Å². The summed E-state index contributed by atoms with van der Waals surface area (Å²) in [5.41, 5.74) is 7.57. The maximum Gasteiger partial charge on any atom is 0.193 e. The number of nitrogens with one attached hydrogen (secondary N) is 1. The fourth-order valence-electron chi connectivity index (χ4n) is 0.828. The Morgan fingerprint density at radius 2 is 2.31 bits per heavy atom. The lowest BCUT2D eigenvalue weighted by Gasteiger charge is -1.96. The van der Waals surface area contributed by atoms with Gasteiger partial charge in [-0.25, -0.2) is 4.39 Å². The van der Waals surface area contributed by atoms with Crippen molar-refractivity contribution >= 4 is 23.8 Å². The second kappa shape index (κ2) is 4.32. The first-order chi connectivity index (χ1) is 6.24. The summed E-state index contributed by atoms with van der Waals surface area (Å²) in [6.07, 6.45) is 2.27. The van der Waals surface area contributed by atoms with Crippen LogP contribution in [0.1, 0.15) is 0 Å². The first kappa shape index (κ1) is 9.34. The first-order valence-electron chi connectivity index (χ1n) is 3.64. The molecule has 0 aliphatic rings. The third-order valence-corrected chi connectivity index (χ3v) is 1.39. The van der Waals surface area contributed by atoms with Crippen molar-refractivity contribution in [2.24, 2.45) is 5.10 Å². The van der Waals surface area contributed by atoms with Gasteiger partial charge < -0.3 is 11.1 Å². The van der Waals surface area contributed by atoms with Crippen molar-refractivity contribution in [3.05, 3.63) is 24.0 Å². The molecule has 0 fully saturated rings. The molecule has 5 heteroatoms. The van der Waals surface area contributed by atoms with E-state index < -0.39 is 0 Å². The van der Waals surface area contributed by atoms with Crippen LogP contribution in [-0.2, 0) is 0 Å². The van der Waals surface area contributed by atoms with Gasteiger partial charge in [-0.15, -0.1) is 0 Å². The highest BCUT2D eigenvalue weighted by atomic mass is 19.1. The molecular formula is C8H10FN4+. The molecule has 0 atom stereocenters. The quantitative estimate of drug-likeness (QED) is 0.265. The van der Waals surface area contributed by atoms with Gasteiger partial charge in [0.05, 0.1) is 0 Å². The average molecular weight is 181 g/mol. The van der Waals surface area contributed by atoms with Gasteiger partial charge in [-0.1, -0.05) is 5.10 Å². The molecule has 0 bridgehead atoms. The zero-order valence-corrected chi connectivity index (χ0v) is 6.87. The normalized spacial score (nSPS) is 10.5. The van der Waals surface area contributed by atoms with Crippen molar-refractivity contribution < 1.29 is 9.82 Å². The maximum absolute atomic E-state index is 13.0. The summed E-state index contributed by atoms with van der Waals surface area (Å²) in [7, 11) is 0. The van der Waals surface area contributed by atoms with Crippen LogP contribution < -0.4 is 11.2 Å². The van der Waals surface area contributed by atoms with Crippen LogP contribution >= 0.6 is 0 Å². The van der Waals surface area contributed by atoms with Gasteiger partial charge in [-0.2, -0.15) is 5.43 Å². The number of halogens is 1. The van der Waals surface area contributed by atoms with E-state index in [1.54, 1.807) is 0 Å². The number of anilines is 1. The Labute approximate surface area is 74.8 Å². The van der Waals surface area contributed by atoms with Crippen molar-refractivity contribution in [1.82, 2.24) is 0 Å². The molecule has 0 aliphatic carbocycles. The average Bonchev–Trinajstić information content (AvgIpc) is 2.11. The van der Waals surface area contributed by atoms with Gasteiger partial charge in [-0.05, 0) is 12.1 Å². The standard InChI is InChI=1S/C8H9FN4/c9-7-2-1-6(11)5-8(7)13-12-4-3-10/h1-5,10,13H,11H2/p+1. The molecule has 0 unspecified atom stereocenters. The second-order valence-electron chi connectivity index (χ2n) is 2.37. The predicted molar refractivity (Wildman–Crippen MR) is 49.7 cm³/mol. The van der Waals surface area contributed by atoms with Crippen LogP contribution in [0, 0.1) is 11.2 Å². The van der Waals surface area contributed by atoms with E-state index in [4.69, 9.17) is 11.1 Å². The molecule has 0 saturated carbocycles. The van der Waals surface area contributed by atoms with Gasteiger partial charge >= 0.3 is 0 Å². The van der Waals surface area contributed by atoms with Gasteiger partial charge in [0, 0.05) is 18.0 Å². The van der Waals surface area contributed by atoms with Crippen molar-refractivity contribution in [2.75, 3.05) is 5.73 Å². The van der Waals surface area contributed by atoms with Gasteiger partial charge in [0.1, 0.15) is 6.21 Å². The van der Waals surface area contributed by atoms with Gasteiger partial charge in [0.25, 0.3) is 0 Å². The van der Waals surface area contributed by atoms with Crippen LogP contribution in [0.3, 0.4) is 0 Å². The van der Waals surface area contributed by atoms with Crippen molar-refractivity contribution in [2.45, 2.75) is 0 Å². The van der Waals surface area contributed by atoms with Crippen LogP contribution in [0.5, 0.6) is 0 Å². The number of hydrogen-bond donors (Lipinski definition) is 3. The molecule has 0 heterocycles. The Hall–Kier alpha value is -1.75. The van der Waals surface area contributed by atoms with E-state index in [0.29, 0.717) is 11.4 Å². The minimum absolute atomic E-state index is 0.318. The van der Waals surface area contributed by atoms with Crippen LogP contribution in [0.2, 0.25) is 0 Å². The molecule has 0 aromatic heterocycles. The summed E-state index contributed by atoms with van der Waals surface area (Å²) in [5.74, 6) is -0.378. The lowest BCUT2D eigenvalue weighted by Crippen LogP contribution is -2.71. The number of nitrogens with two attached hydrogens (primary N) is 2. The van der Waals surface area contributed by atoms with Gasteiger partial charge in [0.15, 0.2) is 11.5 Å². The summed E-state index contributed by atoms with van der Waals surface area (Å²) < 4.78 is 13.0. The number of benzene rings is 1. The van der Waals surface area contributed by atoms with E-state index in [-0.39, 0.29) is 5.82 Å². The monoisotopic (exact) mass is 181 g/mol. The molecule has 0 aliphatic heterocycles. The van der Waals surface area contributed by atoms with E-state index in [0.717, 1.165) is 6.21 Å². The van der Waals surface area contributed by atoms with Crippen LogP contribution in [0.4, 0.5) is 15.8 Å². The number of quaternary nitrogens is 1. The summed E-state index contributed by atoms with van der Waals surface area (Å²) in [6, 6.07) is 4.24. The minimum Gasteiger partial charge on any atom is -0.399 e. The lowest BCUT2D eigenvalue weighted by molar-refractivity contribution is -0.578. The molecule has 0 saturated heterocycles. The number of hydrogen-bond acceptors (Lipinski definition) is 3. The zero-order chi connectivity index (χ0) is 9.68. The fraction of sp³-hybridized carbons (Fsp3) is 0. The molecule has 68 valence electrons. The molecule has 1 aromatic rings. The van der Waals surface area contributed by atoms with E-state index >= 15 is 0 Å². The molecule has 13 heavy (non-hydrogen) atoms. The second-order valence-corrected chi connectivity index (χ2v) is 2.37. The van der Waals surface area contributed by atoms with Crippen LogP contribution in [-0.4, -0.2) is 12.4 Å². The first-order valence-corrected chi connectivity index (χ1v) is 3.64. The highest BCUT2D eigenvalue weighted by Crippen LogP contribution is 2.11. The van der Waals surface area contributed by atoms with Crippen molar-refractivity contribution in [3.8, 4) is 0 Å². The highest BCUT2D eigenvalue weighted by Gasteiger charge is 2.04. The molecule has 5 N–H and O–H groups in total. The Morgan fingerprint density at radius 1 is 1.54 bits per heavy atom. The number of nitrogens with zero attached hydrogens (tertiary/aromatic N) is 1. The smallest absolute Gasteiger partial charge is 0.193 e. The fourth-order valence-corrected chi connectivity index (χ4v) is 0.828. The largest absolute Gasteiger partial charge is 0.399 e. The Balaban J connectivity index is 2.81. The lowest BCUT2D eigenvalue weighted by atomic mass is 10.3. The molecule has 0 spiro atoms. The molecule has 0 radical (unpaired) electrons. The van der Waals surface area contributed by atoms with E-state index in [2.05, 4.69) is 5.10 Å². The van der Waals surface area contributed by atoms with E-state index in [1.807, 2.05) is 0 Å². The summed E-state index contributed by atoms with van der Waals surface area (Å²) in [5, 5.41) is 10.3. The van der Waals surface area contributed by atoms with Gasteiger partial charge in [0.2, 0.25) is 0 Å². The SMILES string of the molecule is N=CC=N[NH2+]c1cc(N)ccc1F. The number of rotatable bonds is 3. The summed E-state index contributed by atoms with van der Waals surface area (Å²) in [4.78, 5) is 0. The molecule has 0 amide bonds. The predicted octanol–water partition coefficient (Wildman–Crippen LogP) is 0.238. The molecule has 1 rings (SSSR count). The third kappa shape index (κ3) is 2.64. The zero-order valence-electron chi connectivity index (χ0n) is 6.87. The summed E-state index contributed by atoms with van der Waals surface area (Å²) >= 11 is 0. The van der Waals surface area contributed by atoms with Crippen molar-refractivity contribution in [3.63, 3.8) is 0 Å². The molecule has 1 aromatic carbocycles. The molecular weight excluding hydrogens is 171 g/mol. The Kier molecular flexibility index (Phi) is 3.10. The van der Waals surface area contributed by atoms with Crippen LogP contribution in [0.25, 0.3) is 0 Å². The van der Waals surface area contributed by atoms with Gasteiger partial charge in [-0.3, -0.25) is 0 Å². The van der Waals surface area contributed by atoms with E-state index in [9.17, 15) is 4.39 Å². The highest BCUT2D eigenvalue weighted by molar-refractivity contribution is 6.14.